The highest BCUT2D eigenvalue weighted by atomic mass is 35.5. The molecule has 0 fully saturated rings. The molecule has 0 spiro atoms. The van der Waals surface area contributed by atoms with Gasteiger partial charge in [0.25, 0.3) is 0 Å². The van der Waals surface area contributed by atoms with Gasteiger partial charge in [-0.1, -0.05) is 23.7 Å². The van der Waals surface area contributed by atoms with Crippen LogP contribution in [0.1, 0.15) is 45.7 Å². The molecule has 0 amide bonds. The number of halogens is 1. The molecule has 1 atom stereocenters. The summed E-state index contributed by atoms with van der Waals surface area (Å²) in [5.41, 5.74) is 1.00. The van der Waals surface area contributed by atoms with E-state index in [0.29, 0.717) is 11.6 Å². The minimum atomic E-state index is -0.771. The predicted octanol–water partition coefficient (Wildman–Crippen LogP) is 3.98. The Labute approximate surface area is 120 Å². The summed E-state index contributed by atoms with van der Waals surface area (Å²) >= 11 is 6.02. The van der Waals surface area contributed by atoms with Crippen LogP contribution in [-0.4, -0.2) is 28.1 Å². The molecule has 1 aromatic rings. The molecule has 0 heterocycles. The summed E-state index contributed by atoms with van der Waals surface area (Å²) in [6.07, 6.45) is 0.141. The van der Waals surface area contributed by atoms with Gasteiger partial charge in [0.2, 0.25) is 0 Å². The second-order valence-electron chi connectivity index (χ2n) is 5.74. The number of benzene rings is 1. The average Bonchev–Trinajstić information content (AvgIpc) is 2.26. The van der Waals surface area contributed by atoms with Crippen LogP contribution in [0.25, 0.3) is 0 Å². The van der Waals surface area contributed by atoms with Crippen molar-refractivity contribution in [1.82, 2.24) is 4.90 Å². The maximum Gasteiger partial charge on any atom is 0.304 e. The van der Waals surface area contributed by atoms with Crippen molar-refractivity contribution in [3.05, 3.63) is 34.9 Å². The molecule has 0 saturated carbocycles. The number of hydrogen-bond acceptors (Lipinski definition) is 2. The molecule has 0 radical (unpaired) electrons. The second kappa shape index (κ2) is 6.40. The fraction of sp³-hybridized carbons (Fsp3) is 0.533. The quantitative estimate of drug-likeness (QED) is 0.889. The summed E-state index contributed by atoms with van der Waals surface area (Å²) < 4.78 is 0. The molecular formula is C15H22ClNO2. The van der Waals surface area contributed by atoms with Crippen molar-refractivity contribution >= 4 is 17.6 Å². The summed E-state index contributed by atoms with van der Waals surface area (Å²) in [6.45, 7) is 8.88. The van der Waals surface area contributed by atoms with Crippen LogP contribution in [0.3, 0.4) is 0 Å². The Kier molecular flexibility index (Phi) is 5.39. The molecule has 0 saturated heterocycles. The van der Waals surface area contributed by atoms with Gasteiger partial charge < -0.3 is 5.11 Å². The molecule has 1 aromatic carbocycles. The Bertz CT molecular complexity index is 440. The van der Waals surface area contributed by atoms with Crippen molar-refractivity contribution in [2.45, 2.75) is 45.7 Å². The van der Waals surface area contributed by atoms with Crippen LogP contribution >= 0.6 is 11.6 Å². The van der Waals surface area contributed by atoms with Crippen LogP contribution in [0.15, 0.2) is 24.3 Å². The van der Waals surface area contributed by atoms with Crippen molar-refractivity contribution in [2.24, 2.45) is 0 Å². The van der Waals surface area contributed by atoms with Crippen LogP contribution < -0.4 is 0 Å². The number of carbonyl (C=O) groups is 1. The van der Waals surface area contributed by atoms with E-state index in [0.717, 1.165) is 5.56 Å². The molecule has 4 heteroatoms. The van der Waals surface area contributed by atoms with Crippen LogP contribution in [0, 0.1) is 0 Å². The number of hydrogen-bond donors (Lipinski definition) is 1. The van der Waals surface area contributed by atoms with Crippen LogP contribution in [-0.2, 0) is 4.79 Å². The fourth-order valence-corrected chi connectivity index (χ4v) is 2.47. The maximum atomic E-state index is 10.8. The minimum absolute atomic E-state index is 0.100. The van der Waals surface area contributed by atoms with E-state index in [2.05, 4.69) is 32.6 Å². The van der Waals surface area contributed by atoms with Crippen LogP contribution in [0.2, 0.25) is 5.02 Å². The molecule has 3 nitrogen and oxygen atoms in total. The minimum Gasteiger partial charge on any atom is -0.481 e. The van der Waals surface area contributed by atoms with Gasteiger partial charge in [0.1, 0.15) is 0 Å². The molecule has 0 aliphatic heterocycles. The van der Waals surface area contributed by atoms with Gasteiger partial charge in [-0.15, -0.1) is 0 Å². The van der Waals surface area contributed by atoms with E-state index in [-0.39, 0.29) is 18.0 Å². The Morgan fingerprint density at radius 3 is 2.53 bits per heavy atom. The average molecular weight is 284 g/mol. The van der Waals surface area contributed by atoms with Gasteiger partial charge in [-0.05, 0) is 45.4 Å². The highest BCUT2D eigenvalue weighted by Gasteiger charge is 2.27. The SMILES string of the molecule is CC(c1cccc(Cl)c1)N(CCC(=O)O)C(C)(C)C. The zero-order valence-corrected chi connectivity index (χ0v) is 12.7. The van der Waals surface area contributed by atoms with Gasteiger partial charge in [-0.25, -0.2) is 0 Å². The standard InChI is InChI=1S/C15H22ClNO2/c1-11(12-6-5-7-13(16)10-12)17(15(2,3)4)9-8-14(18)19/h5-7,10-11H,8-9H2,1-4H3,(H,18,19). The molecule has 1 rings (SSSR count). The van der Waals surface area contributed by atoms with Crippen molar-refractivity contribution < 1.29 is 9.90 Å². The number of carboxylic acids is 1. The molecule has 0 aliphatic rings. The van der Waals surface area contributed by atoms with E-state index in [1.54, 1.807) is 0 Å². The summed E-state index contributed by atoms with van der Waals surface area (Å²) in [5, 5.41) is 9.58. The smallest absolute Gasteiger partial charge is 0.304 e. The molecule has 106 valence electrons. The normalized spacial score (nSPS) is 13.6. The first-order valence-electron chi connectivity index (χ1n) is 6.46. The highest BCUT2D eigenvalue weighted by Crippen LogP contribution is 2.29. The topological polar surface area (TPSA) is 40.5 Å². The number of carboxylic acid groups (broad SMARTS) is 1. The van der Waals surface area contributed by atoms with Gasteiger partial charge >= 0.3 is 5.97 Å². The lowest BCUT2D eigenvalue weighted by Gasteiger charge is -2.40. The van der Waals surface area contributed by atoms with Gasteiger partial charge in [0.05, 0.1) is 6.42 Å². The summed E-state index contributed by atoms with van der Waals surface area (Å²) in [7, 11) is 0. The first-order valence-corrected chi connectivity index (χ1v) is 6.83. The molecule has 19 heavy (non-hydrogen) atoms. The maximum absolute atomic E-state index is 10.8. The molecule has 1 unspecified atom stereocenters. The van der Waals surface area contributed by atoms with E-state index in [1.165, 1.54) is 0 Å². The van der Waals surface area contributed by atoms with Crippen molar-refractivity contribution in [3.63, 3.8) is 0 Å². The summed E-state index contributed by atoms with van der Waals surface area (Å²) in [4.78, 5) is 13.0. The molecule has 1 N–H and O–H groups in total. The van der Waals surface area contributed by atoms with E-state index in [9.17, 15) is 4.79 Å². The van der Waals surface area contributed by atoms with Crippen LogP contribution in [0.4, 0.5) is 0 Å². The lowest BCUT2D eigenvalue weighted by atomic mass is 9.98. The van der Waals surface area contributed by atoms with Gasteiger partial charge in [-0.3, -0.25) is 9.69 Å². The van der Waals surface area contributed by atoms with E-state index >= 15 is 0 Å². The lowest BCUT2D eigenvalue weighted by molar-refractivity contribution is -0.137. The summed E-state index contributed by atoms with van der Waals surface area (Å²) in [6, 6.07) is 7.85. The van der Waals surface area contributed by atoms with Gasteiger partial charge in [0, 0.05) is 23.1 Å². The van der Waals surface area contributed by atoms with Crippen LogP contribution in [0.5, 0.6) is 0 Å². The Morgan fingerprint density at radius 2 is 2.05 bits per heavy atom. The number of nitrogens with zero attached hydrogens (tertiary/aromatic N) is 1. The fourth-order valence-electron chi connectivity index (χ4n) is 2.27. The van der Waals surface area contributed by atoms with Gasteiger partial charge in [0.15, 0.2) is 0 Å². The Hall–Kier alpha value is -1.06. The summed E-state index contributed by atoms with van der Waals surface area (Å²) in [5.74, 6) is -0.771. The zero-order chi connectivity index (χ0) is 14.6. The van der Waals surface area contributed by atoms with Crippen molar-refractivity contribution in [2.75, 3.05) is 6.54 Å². The zero-order valence-electron chi connectivity index (χ0n) is 12.0. The third-order valence-electron chi connectivity index (χ3n) is 3.23. The molecule has 0 aromatic heterocycles. The van der Waals surface area contributed by atoms with Crippen molar-refractivity contribution in [1.29, 1.82) is 0 Å². The first-order chi connectivity index (χ1) is 8.71. The third-order valence-corrected chi connectivity index (χ3v) is 3.46. The van der Waals surface area contributed by atoms with Gasteiger partial charge in [-0.2, -0.15) is 0 Å². The monoisotopic (exact) mass is 283 g/mol. The molecule has 0 aliphatic carbocycles. The molecule has 0 bridgehead atoms. The first kappa shape index (κ1) is 16.0. The highest BCUT2D eigenvalue weighted by molar-refractivity contribution is 6.30. The Morgan fingerprint density at radius 1 is 1.42 bits per heavy atom. The number of aliphatic carboxylic acids is 1. The largest absolute Gasteiger partial charge is 0.481 e. The second-order valence-corrected chi connectivity index (χ2v) is 6.18. The van der Waals surface area contributed by atoms with E-state index in [1.807, 2.05) is 24.3 Å². The lowest BCUT2D eigenvalue weighted by Crippen LogP contribution is -2.44. The van der Waals surface area contributed by atoms with E-state index < -0.39 is 5.97 Å². The van der Waals surface area contributed by atoms with Crippen molar-refractivity contribution in [3.8, 4) is 0 Å². The molecular weight excluding hydrogens is 262 g/mol. The third kappa shape index (κ3) is 4.84. The number of rotatable bonds is 5. The Balaban J connectivity index is 2.94. The predicted molar refractivity (Wildman–Crippen MR) is 78.6 cm³/mol. The van der Waals surface area contributed by atoms with E-state index in [4.69, 9.17) is 16.7 Å².